The number of esters is 1. The number of rotatable bonds is 4. The van der Waals surface area contributed by atoms with Gasteiger partial charge in [-0.2, -0.15) is 13.2 Å². The van der Waals surface area contributed by atoms with Gasteiger partial charge in [0.2, 0.25) is 0 Å². The number of ether oxygens (including phenoxy) is 1. The number of carbonyl (C=O) groups is 2. The molecule has 0 saturated carbocycles. The van der Waals surface area contributed by atoms with E-state index in [1.54, 1.807) is 72.8 Å². The maximum atomic E-state index is 13.7. The van der Waals surface area contributed by atoms with E-state index < -0.39 is 29.6 Å². The third-order valence-electron chi connectivity index (χ3n) is 5.65. The van der Waals surface area contributed by atoms with Crippen LogP contribution in [0.2, 0.25) is 5.02 Å². The van der Waals surface area contributed by atoms with Crippen molar-refractivity contribution in [2.24, 2.45) is 5.73 Å². The van der Waals surface area contributed by atoms with Gasteiger partial charge in [0.15, 0.2) is 5.54 Å². The highest BCUT2D eigenvalue weighted by atomic mass is 35.5. The van der Waals surface area contributed by atoms with Crippen LogP contribution in [0.1, 0.15) is 11.1 Å². The first kappa shape index (κ1) is 23.7. The van der Waals surface area contributed by atoms with Crippen molar-refractivity contribution < 1.29 is 27.5 Å². The molecule has 0 spiro atoms. The van der Waals surface area contributed by atoms with E-state index in [1.807, 2.05) is 6.07 Å². The minimum atomic E-state index is -5.30. The summed E-state index contributed by atoms with van der Waals surface area (Å²) in [6, 6.07) is 22.2. The Morgan fingerprint density at radius 2 is 1.59 bits per heavy atom. The standard InChI is InChI=1S/C24H19ClF3N3O3/c1-31-20(32)22(17-7-3-2-4-8-17,30-24(31,29)34-21(33)23(26,27)28)18-9-5-6-16(14-18)15-10-12-19(25)13-11-15/h2-14,30H,29H2,1H3. The summed E-state index contributed by atoms with van der Waals surface area (Å²) in [4.78, 5) is 26.0. The maximum absolute atomic E-state index is 13.7. The summed E-state index contributed by atoms with van der Waals surface area (Å²) in [5.41, 5.74) is 6.62. The molecule has 0 bridgehead atoms. The van der Waals surface area contributed by atoms with Gasteiger partial charge in [-0.15, -0.1) is 0 Å². The van der Waals surface area contributed by atoms with E-state index in [1.165, 1.54) is 0 Å². The Balaban J connectivity index is 1.86. The van der Waals surface area contributed by atoms with Gasteiger partial charge in [0.25, 0.3) is 5.91 Å². The highest BCUT2D eigenvalue weighted by Gasteiger charge is 2.62. The molecule has 0 aromatic heterocycles. The van der Waals surface area contributed by atoms with Crippen LogP contribution in [0.25, 0.3) is 11.1 Å². The summed E-state index contributed by atoms with van der Waals surface area (Å²) in [6.07, 6.45) is -5.30. The lowest BCUT2D eigenvalue weighted by Gasteiger charge is -2.32. The van der Waals surface area contributed by atoms with Crippen LogP contribution in [0.3, 0.4) is 0 Å². The first-order valence-electron chi connectivity index (χ1n) is 10.1. The van der Waals surface area contributed by atoms with Crippen molar-refractivity contribution in [3.05, 3.63) is 95.0 Å². The summed E-state index contributed by atoms with van der Waals surface area (Å²) in [5.74, 6) is -5.79. The first-order chi connectivity index (χ1) is 16.0. The Labute approximate surface area is 198 Å². The molecule has 2 unspecified atom stereocenters. The number of carbonyl (C=O) groups excluding carboxylic acids is 2. The van der Waals surface area contributed by atoms with Crippen LogP contribution in [0.15, 0.2) is 78.9 Å². The van der Waals surface area contributed by atoms with Gasteiger partial charge in [0, 0.05) is 12.1 Å². The van der Waals surface area contributed by atoms with Gasteiger partial charge in [-0.3, -0.25) is 15.4 Å². The number of nitrogens with one attached hydrogen (secondary N) is 1. The minimum absolute atomic E-state index is 0.387. The summed E-state index contributed by atoms with van der Waals surface area (Å²) >= 11 is 5.98. The molecule has 34 heavy (non-hydrogen) atoms. The Hall–Kier alpha value is -3.40. The molecule has 1 amide bonds. The third-order valence-corrected chi connectivity index (χ3v) is 5.90. The van der Waals surface area contributed by atoms with Gasteiger partial charge in [-0.25, -0.2) is 10.1 Å². The molecular weight excluding hydrogens is 471 g/mol. The average molecular weight is 490 g/mol. The molecule has 0 radical (unpaired) electrons. The molecule has 6 nitrogen and oxygen atoms in total. The highest BCUT2D eigenvalue weighted by Crippen LogP contribution is 2.41. The van der Waals surface area contributed by atoms with Gasteiger partial charge < -0.3 is 4.74 Å². The van der Waals surface area contributed by atoms with Crippen LogP contribution < -0.4 is 11.1 Å². The Morgan fingerprint density at radius 1 is 0.971 bits per heavy atom. The fraction of sp³-hybridized carbons (Fsp3) is 0.167. The third kappa shape index (κ3) is 4.02. The number of alkyl halides is 3. The number of benzene rings is 3. The Morgan fingerprint density at radius 3 is 2.21 bits per heavy atom. The summed E-state index contributed by atoms with van der Waals surface area (Å²) < 4.78 is 43.4. The molecular formula is C24H19ClF3N3O3. The topological polar surface area (TPSA) is 84.7 Å². The molecule has 4 rings (SSSR count). The van der Waals surface area contributed by atoms with Crippen molar-refractivity contribution in [2.45, 2.75) is 17.7 Å². The highest BCUT2D eigenvalue weighted by molar-refractivity contribution is 6.30. The normalized spacial score (nSPS) is 22.6. The SMILES string of the molecule is CN1C(=O)C(c2ccccc2)(c2cccc(-c3ccc(Cl)cc3)c2)NC1(N)OC(=O)C(F)(F)F. The number of amides is 1. The molecule has 176 valence electrons. The maximum Gasteiger partial charge on any atom is 0.491 e. The largest absolute Gasteiger partial charge is 0.491 e. The van der Waals surface area contributed by atoms with Crippen molar-refractivity contribution in [3.8, 4) is 11.1 Å². The smallest absolute Gasteiger partial charge is 0.404 e. The number of nitrogens with zero attached hydrogens (tertiary/aromatic N) is 1. The van der Waals surface area contributed by atoms with Gasteiger partial charge in [-0.05, 0) is 40.5 Å². The number of nitrogens with two attached hydrogens (primary N) is 1. The molecule has 3 N–H and O–H groups in total. The van der Waals surface area contributed by atoms with Crippen molar-refractivity contribution in [1.82, 2.24) is 10.2 Å². The average Bonchev–Trinajstić information content (AvgIpc) is 3.01. The molecule has 2 atom stereocenters. The number of hydrogen-bond acceptors (Lipinski definition) is 5. The monoisotopic (exact) mass is 489 g/mol. The van der Waals surface area contributed by atoms with E-state index in [0.717, 1.165) is 23.1 Å². The van der Waals surface area contributed by atoms with E-state index >= 15 is 0 Å². The second kappa shape index (κ2) is 8.43. The Bertz CT molecular complexity index is 1240. The second-order valence-electron chi connectivity index (χ2n) is 7.78. The second-order valence-corrected chi connectivity index (χ2v) is 8.21. The van der Waals surface area contributed by atoms with Gasteiger partial charge in [0.05, 0.1) is 0 Å². The van der Waals surface area contributed by atoms with Crippen LogP contribution in [0, 0.1) is 0 Å². The zero-order chi connectivity index (χ0) is 24.7. The number of hydrogen-bond donors (Lipinski definition) is 2. The van der Waals surface area contributed by atoms with Crippen LogP contribution in [0.5, 0.6) is 0 Å². The molecule has 1 aliphatic rings. The van der Waals surface area contributed by atoms with E-state index in [2.05, 4.69) is 10.1 Å². The fourth-order valence-electron chi connectivity index (χ4n) is 3.92. The lowest BCUT2D eigenvalue weighted by molar-refractivity contribution is -0.228. The van der Waals surface area contributed by atoms with Crippen molar-refractivity contribution in [2.75, 3.05) is 7.05 Å². The van der Waals surface area contributed by atoms with Crippen molar-refractivity contribution in [3.63, 3.8) is 0 Å². The molecule has 3 aromatic rings. The van der Waals surface area contributed by atoms with Crippen molar-refractivity contribution >= 4 is 23.5 Å². The lowest BCUT2D eigenvalue weighted by atomic mass is 9.81. The molecule has 0 aliphatic carbocycles. The quantitative estimate of drug-likeness (QED) is 0.428. The number of halogens is 4. The predicted molar refractivity (Wildman–Crippen MR) is 119 cm³/mol. The summed E-state index contributed by atoms with van der Waals surface area (Å²) in [6.45, 7) is 0. The lowest BCUT2D eigenvalue weighted by Crippen LogP contribution is -2.64. The van der Waals surface area contributed by atoms with Crippen LogP contribution in [-0.2, 0) is 19.9 Å². The zero-order valence-corrected chi connectivity index (χ0v) is 18.5. The van der Waals surface area contributed by atoms with E-state index in [4.69, 9.17) is 17.3 Å². The summed E-state index contributed by atoms with van der Waals surface area (Å²) in [5, 5.41) is 3.24. The van der Waals surface area contributed by atoms with Gasteiger partial charge >= 0.3 is 18.1 Å². The van der Waals surface area contributed by atoms with Crippen LogP contribution in [-0.4, -0.2) is 36.0 Å². The zero-order valence-electron chi connectivity index (χ0n) is 17.8. The van der Waals surface area contributed by atoms with E-state index in [9.17, 15) is 22.8 Å². The van der Waals surface area contributed by atoms with Crippen LogP contribution in [0.4, 0.5) is 13.2 Å². The van der Waals surface area contributed by atoms with Gasteiger partial charge in [-0.1, -0.05) is 72.3 Å². The molecule has 1 fully saturated rings. The summed E-state index contributed by atoms with van der Waals surface area (Å²) in [7, 11) is 1.16. The van der Waals surface area contributed by atoms with E-state index in [-0.39, 0.29) is 0 Å². The van der Waals surface area contributed by atoms with Crippen molar-refractivity contribution in [1.29, 1.82) is 0 Å². The fourth-order valence-corrected chi connectivity index (χ4v) is 4.05. The van der Waals surface area contributed by atoms with E-state index in [0.29, 0.717) is 16.1 Å². The predicted octanol–water partition coefficient (Wildman–Crippen LogP) is 3.99. The van der Waals surface area contributed by atoms with Crippen LogP contribution >= 0.6 is 11.6 Å². The molecule has 1 saturated heterocycles. The Kier molecular flexibility index (Phi) is 5.89. The molecule has 10 heteroatoms. The first-order valence-corrected chi connectivity index (χ1v) is 10.4. The minimum Gasteiger partial charge on any atom is -0.404 e. The molecule has 1 aliphatic heterocycles. The number of likely N-dealkylation sites (N-methyl/N-ethyl adjacent to an activating group) is 1. The van der Waals surface area contributed by atoms with Gasteiger partial charge in [0.1, 0.15) is 0 Å². The molecule has 1 heterocycles. The molecule has 3 aromatic carbocycles.